The van der Waals surface area contributed by atoms with Crippen molar-refractivity contribution < 1.29 is 4.74 Å². The van der Waals surface area contributed by atoms with Gasteiger partial charge in [0.25, 0.3) is 0 Å². The highest BCUT2D eigenvalue weighted by molar-refractivity contribution is 6.19. The Morgan fingerprint density at radius 3 is 2.75 bits per heavy atom. The molecule has 0 aromatic carbocycles. The molecule has 1 nitrogen and oxygen atoms in total. The zero-order chi connectivity index (χ0) is 6.41. The fourth-order valence-electron chi connectivity index (χ4n) is 0.284. The van der Waals surface area contributed by atoms with Gasteiger partial charge in [0.2, 0.25) is 0 Å². The molecule has 0 radical (unpaired) electrons. The summed E-state index contributed by atoms with van der Waals surface area (Å²) < 4.78 is 4.96. The molecule has 0 aliphatic carbocycles. The van der Waals surface area contributed by atoms with Crippen molar-refractivity contribution in [2.24, 2.45) is 0 Å². The number of hydrogen-bond acceptors (Lipinski definition) is 1. The first-order valence-corrected chi connectivity index (χ1v) is 3.08. The van der Waals surface area contributed by atoms with E-state index in [1.54, 1.807) is 6.92 Å². The molecule has 1 atom stereocenters. The average molecular weight is 135 g/mol. The van der Waals surface area contributed by atoms with Crippen LogP contribution in [0.5, 0.6) is 0 Å². The van der Waals surface area contributed by atoms with E-state index in [0.29, 0.717) is 6.61 Å². The number of hydrogen-bond donors (Lipinski definition) is 0. The van der Waals surface area contributed by atoms with Crippen molar-refractivity contribution in [2.45, 2.75) is 19.4 Å². The summed E-state index contributed by atoms with van der Waals surface area (Å²) in [5.74, 6) is 0. The van der Waals surface area contributed by atoms with Gasteiger partial charge in [-0.25, -0.2) is 0 Å². The number of allylic oxidation sites excluding steroid dienone is 1. The van der Waals surface area contributed by atoms with Gasteiger partial charge in [0.1, 0.15) is 5.56 Å². The SMILES string of the molecule is CC=CCOC(C)Cl. The van der Waals surface area contributed by atoms with Crippen molar-refractivity contribution in [3.8, 4) is 0 Å². The van der Waals surface area contributed by atoms with Crippen LogP contribution >= 0.6 is 11.6 Å². The van der Waals surface area contributed by atoms with Crippen LogP contribution in [0.25, 0.3) is 0 Å². The summed E-state index contributed by atoms with van der Waals surface area (Å²) in [4.78, 5) is 0. The lowest BCUT2D eigenvalue weighted by Crippen LogP contribution is -1.97. The first-order chi connectivity index (χ1) is 3.77. The van der Waals surface area contributed by atoms with Gasteiger partial charge in [-0.05, 0) is 13.8 Å². The van der Waals surface area contributed by atoms with Gasteiger partial charge >= 0.3 is 0 Å². The van der Waals surface area contributed by atoms with Crippen LogP contribution < -0.4 is 0 Å². The van der Waals surface area contributed by atoms with Gasteiger partial charge in [-0.15, -0.1) is 0 Å². The maximum Gasteiger partial charge on any atom is 0.128 e. The molecule has 8 heavy (non-hydrogen) atoms. The molecule has 0 aliphatic heterocycles. The zero-order valence-corrected chi connectivity index (χ0v) is 5.98. The van der Waals surface area contributed by atoms with E-state index in [1.165, 1.54) is 0 Å². The molecule has 0 rings (SSSR count). The topological polar surface area (TPSA) is 9.23 Å². The van der Waals surface area contributed by atoms with Gasteiger partial charge in [-0.3, -0.25) is 0 Å². The molecule has 2 heteroatoms. The fraction of sp³-hybridized carbons (Fsp3) is 0.667. The van der Waals surface area contributed by atoms with Gasteiger partial charge in [0, 0.05) is 0 Å². The average Bonchev–Trinajstić information content (AvgIpc) is 1.66. The molecule has 0 aromatic rings. The minimum Gasteiger partial charge on any atom is -0.359 e. The van der Waals surface area contributed by atoms with E-state index in [4.69, 9.17) is 16.3 Å². The predicted octanol–water partition coefficient (Wildman–Crippen LogP) is 2.16. The van der Waals surface area contributed by atoms with Gasteiger partial charge in [0.15, 0.2) is 0 Å². The van der Waals surface area contributed by atoms with Crippen LogP contribution in [0.3, 0.4) is 0 Å². The molecule has 48 valence electrons. The molecule has 0 aromatic heterocycles. The van der Waals surface area contributed by atoms with Crippen LogP contribution in [-0.2, 0) is 4.74 Å². The van der Waals surface area contributed by atoms with Crippen molar-refractivity contribution in [3.63, 3.8) is 0 Å². The van der Waals surface area contributed by atoms with Crippen molar-refractivity contribution >= 4 is 11.6 Å². The maximum absolute atomic E-state index is 5.46. The Morgan fingerprint density at radius 2 is 2.38 bits per heavy atom. The summed E-state index contributed by atoms with van der Waals surface area (Å²) >= 11 is 5.46. The Balaban J connectivity index is 2.93. The monoisotopic (exact) mass is 134 g/mol. The predicted molar refractivity (Wildman–Crippen MR) is 36.1 cm³/mol. The Morgan fingerprint density at radius 1 is 1.75 bits per heavy atom. The number of halogens is 1. The van der Waals surface area contributed by atoms with E-state index < -0.39 is 0 Å². The van der Waals surface area contributed by atoms with Gasteiger partial charge < -0.3 is 4.74 Å². The molecule has 0 heterocycles. The molecule has 0 fully saturated rings. The third-order valence-corrected chi connectivity index (χ3v) is 0.784. The summed E-state index contributed by atoms with van der Waals surface area (Å²) in [6, 6.07) is 0. The molecule has 0 aliphatic rings. The highest BCUT2D eigenvalue weighted by Gasteiger charge is 1.88. The first-order valence-electron chi connectivity index (χ1n) is 2.64. The lowest BCUT2D eigenvalue weighted by Gasteiger charge is -1.99. The van der Waals surface area contributed by atoms with Gasteiger partial charge in [-0.1, -0.05) is 23.8 Å². The quantitative estimate of drug-likeness (QED) is 0.425. The largest absolute Gasteiger partial charge is 0.359 e. The van der Waals surface area contributed by atoms with Crippen molar-refractivity contribution in [2.75, 3.05) is 6.61 Å². The lowest BCUT2D eigenvalue weighted by molar-refractivity contribution is 0.146. The molecule has 0 spiro atoms. The van der Waals surface area contributed by atoms with Gasteiger partial charge in [-0.2, -0.15) is 0 Å². The molecule has 0 amide bonds. The summed E-state index contributed by atoms with van der Waals surface area (Å²) in [5.41, 5.74) is -0.175. The van der Waals surface area contributed by atoms with E-state index in [-0.39, 0.29) is 5.56 Å². The zero-order valence-electron chi connectivity index (χ0n) is 5.23. The third kappa shape index (κ3) is 5.99. The highest BCUT2D eigenvalue weighted by Crippen LogP contribution is 1.94. The summed E-state index contributed by atoms with van der Waals surface area (Å²) in [7, 11) is 0. The van der Waals surface area contributed by atoms with E-state index >= 15 is 0 Å². The smallest absolute Gasteiger partial charge is 0.128 e. The second-order valence-corrected chi connectivity index (χ2v) is 2.06. The summed E-state index contributed by atoms with van der Waals surface area (Å²) in [6.45, 7) is 4.36. The Kier molecular flexibility index (Phi) is 5.13. The van der Waals surface area contributed by atoms with E-state index in [2.05, 4.69) is 0 Å². The minimum atomic E-state index is -0.175. The maximum atomic E-state index is 5.46. The van der Waals surface area contributed by atoms with E-state index in [0.717, 1.165) is 0 Å². The molecule has 1 unspecified atom stereocenters. The van der Waals surface area contributed by atoms with Crippen molar-refractivity contribution in [1.82, 2.24) is 0 Å². The number of ether oxygens (including phenoxy) is 1. The van der Waals surface area contributed by atoms with Crippen LogP contribution in [-0.4, -0.2) is 12.2 Å². The Labute approximate surface area is 55.3 Å². The summed E-state index contributed by atoms with van der Waals surface area (Å²) in [6.07, 6.45) is 3.85. The van der Waals surface area contributed by atoms with Crippen LogP contribution in [0, 0.1) is 0 Å². The normalized spacial score (nSPS) is 14.9. The van der Waals surface area contributed by atoms with Gasteiger partial charge in [0.05, 0.1) is 6.61 Å². The fourth-order valence-corrected chi connectivity index (χ4v) is 0.357. The van der Waals surface area contributed by atoms with Crippen LogP contribution in [0.15, 0.2) is 12.2 Å². The molecular formula is C6H11ClO. The standard InChI is InChI=1S/C6H11ClO/c1-3-4-5-8-6(2)7/h3-4,6H,5H2,1-2H3. The van der Waals surface area contributed by atoms with Crippen molar-refractivity contribution in [1.29, 1.82) is 0 Å². The second kappa shape index (κ2) is 5.13. The number of rotatable bonds is 3. The lowest BCUT2D eigenvalue weighted by atomic mass is 10.5. The van der Waals surface area contributed by atoms with Crippen LogP contribution in [0.2, 0.25) is 0 Å². The third-order valence-electron chi connectivity index (χ3n) is 0.658. The molecule has 0 saturated heterocycles. The van der Waals surface area contributed by atoms with Crippen LogP contribution in [0.4, 0.5) is 0 Å². The Hall–Kier alpha value is -0.0100. The molecule has 0 saturated carbocycles. The highest BCUT2D eigenvalue weighted by atomic mass is 35.5. The van der Waals surface area contributed by atoms with E-state index in [9.17, 15) is 0 Å². The summed E-state index contributed by atoms with van der Waals surface area (Å²) in [5, 5.41) is 0. The first kappa shape index (κ1) is 7.99. The molecule has 0 bridgehead atoms. The number of alkyl halides is 1. The van der Waals surface area contributed by atoms with E-state index in [1.807, 2.05) is 19.1 Å². The van der Waals surface area contributed by atoms with Crippen LogP contribution in [0.1, 0.15) is 13.8 Å². The molecule has 0 N–H and O–H groups in total. The minimum absolute atomic E-state index is 0.175. The van der Waals surface area contributed by atoms with Crippen molar-refractivity contribution in [3.05, 3.63) is 12.2 Å². The second-order valence-electron chi connectivity index (χ2n) is 1.45. The molecular weight excluding hydrogens is 124 g/mol. The Bertz CT molecular complexity index is 68.9.